The molecule has 0 radical (unpaired) electrons. The molecule has 2 N–H and O–H groups in total. The maximum absolute atomic E-state index is 13.2. The molecule has 4 rings (SSSR count). The third-order valence-electron chi connectivity index (χ3n) is 6.32. The van der Waals surface area contributed by atoms with Gasteiger partial charge in [-0.25, -0.2) is 14.3 Å². The summed E-state index contributed by atoms with van der Waals surface area (Å²) < 4.78 is 3.13. The van der Waals surface area contributed by atoms with Crippen molar-refractivity contribution in [2.75, 3.05) is 19.6 Å². The fourth-order valence-corrected chi connectivity index (χ4v) is 5.15. The molecule has 0 aliphatic carbocycles. The zero-order valence-electron chi connectivity index (χ0n) is 20.6. The maximum Gasteiger partial charge on any atom is 0.335 e. The Hall–Kier alpha value is -3.43. The lowest BCUT2D eigenvalue weighted by molar-refractivity contribution is 0.0959. The van der Waals surface area contributed by atoms with E-state index in [1.165, 1.54) is 11.3 Å². The molecule has 0 spiro atoms. The largest absolute Gasteiger partial charge is 0.367 e. The van der Waals surface area contributed by atoms with E-state index in [0.717, 1.165) is 36.4 Å². The average Bonchev–Trinajstić information content (AvgIpc) is 3.44. The monoisotopic (exact) mass is 492 g/mol. The predicted molar refractivity (Wildman–Crippen MR) is 142 cm³/mol. The second-order valence-electron chi connectivity index (χ2n) is 8.88. The van der Waals surface area contributed by atoms with Gasteiger partial charge in [-0.1, -0.05) is 44.7 Å². The number of carbonyl (C=O) groups excluding carboxylic acids is 1. The molecule has 8 nitrogen and oxygen atoms in total. The Morgan fingerprint density at radius 1 is 1.31 bits per heavy atom. The van der Waals surface area contributed by atoms with E-state index < -0.39 is 0 Å². The molecule has 3 aromatic rings. The van der Waals surface area contributed by atoms with Crippen LogP contribution in [0.25, 0.3) is 16.2 Å². The third-order valence-corrected chi connectivity index (χ3v) is 7.14. The second-order valence-corrected chi connectivity index (χ2v) is 9.71. The summed E-state index contributed by atoms with van der Waals surface area (Å²) in [5.41, 5.74) is 3.26. The molecular formula is C26H32N6O2S. The summed E-state index contributed by atoms with van der Waals surface area (Å²) in [5, 5.41) is 8.74. The Kier molecular flexibility index (Phi) is 7.37. The number of hydrogen-bond acceptors (Lipinski definition) is 6. The van der Waals surface area contributed by atoms with Gasteiger partial charge in [0.2, 0.25) is 0 Å². The number of nitrogens with zero attached hydrogens (tertiary/aromatic N) is 4. The molecule has 1 amide bonds. The van der Waals surface area contributed by atoms with Gasteiger partial charge in [-0.15, -0.1) is 11.3 Å². The van der Waals surface area contributed by atoms with Crippen molar-refractivity contribution < 1.29 is 4.79 Å². The van der Waals surface area contributed by atoms with Crippen LogP contribution in [0.4, 0.5) is 0 Å². The standard InChI is InChI=1S/C26H32N6O2S/c1-6-10-21(31-14-13-27-19(15-31)17(3)4)18(7-2)28-24(33)20-16-35-25(29-20)32-23-12-9-8-11-22(23)30(5)26(32)34/h6-12,16-17,19,27H,1,13-15H2,2-5H3,(H,28,33)/b18-7+,21-10+/t19-/m0/s1. The lowest BCUT2D eigenvalue weighted by Gasteiger charge is -2.39. The average molecular weight is 493 g/mol. The van der Waals surface area contributed by atoms with Crippen LogP contribution >= 0.6 is 11.3 Å². The first-order valence-corrected chi connectivity index (χ1v) is 12.6. The summed E-state index contributed by atoms with van der Waals surface area (Å²) >= 11 is 1.27. The SMILES string of the molecule is C=C/C=C(\C(=C/C)NC(=O)c1csc(-n2c(=O)n(C)c3ccccc32)n1)N1CCN[C@H](C(C)C)C1. The van der Waals surface area contributed by atoms with Gasteiger partial charge in [-0.3, -0.25) is 9.36 Å². The van der Waals surface area contributed by atoms with E-state index in [2.05, 4.69) is 40.9 Å². The normalized spacial score (nSPS) is 17.3. The van der Waals surface area contributed by atoms with E-state index in [4.69, 9.17) is 0 Å². The minimum Gasteiger partial charge on any atom is -0.367 e. The Morgan fingerprint density at radius 3 is 2.74 bits per heavy atom. The molecule has 3 heterocycles. The number of benzene rings is 1. The number of rotatable bonds is 7. The van der Waals surface area contributed by atoms with Crippen molar-refractivity contribution in [3.8, 4) is 5.13 Å². The van der Waals surface area contributed by atoms with Gasteiger partial charge in [0, 0.05) is 38.1 Å². The van der Waals surface area contributed by atoms with Crippen LogP contribution in [0, 0.1) is 5.92 Å². The van der Waals surface area contributed by atoms with Crippen molar-refractivity contribution >= 4 is 28.3 Å². The highest BCUT2D eigenvalue weighted by molar-refractivity contribution is 7.12. The molecule has 1 atom stereocenters. The second kappa shape index (κ2) is 10.5. The van der Waals surface area contributed by atoms with Crippen LogP contribution in [0.2, 0.25) is 0 Å². The highest BCUT2D eigenvalue weighted by Crippen LogP contribution is 2.22. The minimum atomic E-state index is -0.320. The van der Waals surface area contributed by atoms with Crippen molar-refractivity contribution in [1.82, 2.24) is 29.7 Å². The van der Waals surface area contributed by atoms with Crippen LogP contribution in [0.1, 0.15) is 31.3 Å². The summed E-state index contributed by atoms with van der Waals surface area (Å²) in [6.07, 6.45) is 5.56. The molecule has 1 fully saturated rings. The summed E-state index contributed by atoms with van der Waals surface area (Å²) in [6, 6.07) is 7.90. The van der Waals surface area contributed by atoms with Crippen molar-refractivity contribution in [2.24, 2.45) is 13.0 Å². The van der Waals surface area contributed by atoms with Gasteiger partial charge >= 0.3 is 5.69 Å². The van der Waals surface area contributed by atoms with Gasteiger partial charge in [0.15, 0.2) is 5.13 Å². The molecule has 1 aliphatic heterocycles. The molecule has 2 aromatic heterocycles. The van der Waals surface area contributed by atoms with Gasteiger partial charge in [0.25, 0.3) is 5.91 Å². The number of carbonyl (C=O) groups is 1. The topological polar surface area (TPSA) is 84.2 Å². The van der Waals surface area contributed by atoms with E-state index in [1.807, 2.05) is 43.3 Å². The van der Waals surface area contributed by atoms with Gasteiger partial charge in [0.05, 0.1) is 22.4 Å². The molecule has 9 heteroatoms. The van der Waals surface area contributed by atoms with Crippen LogP contribution in [-0.2, 0) is 7.05 Å². The predicted octanol–water partition coefficient (Wildman–Crippen LogP) is 3.42. The molecular weight excluding hydrogens is 460 g/mol. The van der Waals surface area contributed by atoms with Crippen molar-refractivity contribution in [3.05, 3.63) is 82.0 Å². The summed E-state index contributed by atoms with van der Waals surface area (Å²) in [6.45, 7) is 12.7. The number of fused-ring (bicyclic) bond motifs is 1. The zero-order valence-corrected chi connectivity index (χ0v) is 21.4. The molecule has 35 heavy (non-hydrogen) atoms. The molecule has 0 bridgehead atoms. The Morgan fingerprint density at radius 2 is 2.06 bits per heavy atom. The third kappa shape index (κ3) is 4.87. The van der Waals surface area contributed by atoms with Crippen LogP contribution in [0.15, 0.2) is 70.6 Å². The zero-order chi connectivity index (χ0) is 25.1. The number of piperazine rings is 1. The molecule has 1 aliphatic rings. The smallest absolute Gasteiger partial charge is 0.335 e. The first-order chi connectivity index (χ1) is 16.8. The summed E-state index contributed by atoms with van der Waals surface area (Å²) in [7, 11) is 1.73. The van der Waals surface area contributed by atoms with Gasteiger partial charge in [-0.05, 0) is 31.1 Å². The molecule has 1 aromatic carbocycles. The lowest BCUT2D eigenvalue weighted by Crippen LogP contribution is -2.53. The van der Waals surface area contributed by atoms with E-state index in [0.29, 0.717) is 22.8 Å². The molecule has 1 saturated heterocycles. The van der Waals surface area contributed by atoms with Gasteiger partial charge < -0.3 is 15.5 Å². The first kappa shape index (κ1) is 24.7. The first-order valence-electron chi connectivity index (χ1n) is 11.8. The van der Waals surface area contributed by atoms with Crippen LogP contribution in [0.5, 0.6) is 0 Å². The maximum atomic E-state index is 13.2. The Bertz CT molecular complexity index is 1360. The lowest BCUT2D eigenvalue weighted by atomic mass is 10.0. The van der Waals surface area contributed by atoms with E-state index >= 15 is 0 Å². The summed E-state index contributed by atoms with van der Waals surface area (Å²) in [5.74, 6) is 0.178. The summed E-state index contributed by atoms with van der Waals surface area (Å²) in [4.78, 5) is 32.8. The number of imidazole rings is 1. The number of nitrogens with one attached hydrogen (secondary N) is 2. The molecule has 0 unspecified atom stereocenters. The van der Waals surface area contributed by atoms with Crippen LogP contribution in [-0.4, -0.2) is 50.6 Å². The minimum absolute atomic E-state index is 0.198. The number of amides is 1. The number of para-hydroxylation sites is 2. The Labute approximate surface area is 209 Å². The quantitative estimate of drug-likeness (QED) is 0.494. The Balaban J connectivity index is 1.58. The van der Waals surface area contributed by atoms with Crippen LogP contribution < -0.4 is 16.3 Å². The van der Waals surface area contributed by atoms with E-state index in [9.17, 15) is 9.59 Å². The van der Waals surface area contributed by atoms with Gasteiger partial charge in [-0.2, -0.15) is 0 Å². The van der Waals surface area contributed by atoms with Crippen LogP contribution in [0.3, 0.4) is 0 Å². The molecule has 184 valence electrons. The molecule has 0 saturated carbocycles. The number of aryl methyl sites for hydroxylation is 1. The highest BCUT2D eigenvalue weighted by Gasteiger charge is 2.25. The van der Waals surface area contributed by atoms with Crippen molar-refractivity contribution in [2.45, 2.75) is 26.8 Å². The number of thiazole rings is 1. The van der Waals surface area contributed by atoms with Gasteiger partial charge in [0.1, 0.15) is 5.69 Å². The number of hydrogen-bond donors (Lipinski definition) is 2. The van der Waals surface area contributed by atoms with E-state index in [-0.39, 0.29) is 17.3 Å². The number of allylic oxidation sites excluding steroid dienone is 3. The fourth-order valence-electron chi connectivity index (χ4n) is 4.34. The van der Waals surface area contributed by atoms with E-state index in [1.54, 1.807) is 27.6 Å². The number of aromatic nitrogens is 3. The van der Waals surface area contributed by atoms with Crippen molar-refractivity contribution in [3.63, 3.8) is 0 Å². The fraction of sp³-hybridized carbons (Fsp3) is 0.346. The van der Waals surface area contributed by atoms with Crippen molar-refractivity contribution in [1.29, 1.82) is 0 Å². The highest BCUT2D eigenvalue weighted by atomic mass is 32.1.